The van der Waals surface area contributed by atoms with E-state index < -0.39 is 17.6 Å². The number of anilines is 2. The molecular weight excluding hydrogens is 423 g/mol. The zero-order valence-electron chi connectivity index (χ0n) is 17.4. The normalized spacial score (nSPS) is 20.5. The maximum absolute atomic E-state index is 14.2. The number of hydrogen-bond donors (Lipinski definition) is 2. The van der Waals surface area contributed by atoms with Gasteiger partial charge >= 0.3 is 0 Å². The molecule has 1 saturated heterocycles. The molecule has 1 aliphatic heterocycles. The van der Waals surface area contributed by atoms with Crippen LogP contribution in [0.2, 0.25) is 0 Å². The Labute approximate surface area is 181 Å². The Bertz CT molecular complexity index is 1160. The van der Waals surface area contributed by atoms with E-state index in [1.54, 1.807) is 19.3 Å². The lowest BCUT2D eigenvalue weighted by Gasteiger charge is -2.37. The molecule has 5 rings (SSSR count). The zero-order chi connectivity index (χ0) is 22.5. The Balaban J connectivity index is 1.20. The van der Waals surface area contributed by atoms with Crippen molar-refractivity contribution in [1.82, 2.24) is 24.7 Å². The third kappa shape index (κ3) is 4.12. The number of nitrogens with zero attached hydrogens (tertiary/aromatic N) is 5. The minimum atomic E-state index is -2.53. The van der Waals surface area contributed by atoms with Gasteiger partial charge in [-0.25, -0.2) is 28.1 Å². The molecule has 1 saturated carbocycles. The van der Waals surface area contributed by atoms with Gasteiger partial charge in [-0.05, 0) is 13.3 Å². The van der Waals surface area contributed by atoms with Crippen molar-refractivity contribution in [2.75, 3.05) is 23.3 Å². The highest BCUT2D eigenvalue weighted by Gasteiger charge is 2.46. The molecule has 3 aromatic heterocycles. The number of rotatable bonds is 5. The first-order chi connectivity index (χ1) is 15.3. The summed E-state index contributed by atoms with van der Waals surface area (Å²) in [5.41, 5.74) is 1.23. The van der Waals surface area contributed by atoms with E-state index in [1.165, 1.54) is 22.9 Å². The van der Waals surface area contributed by atoms with E-state index in [4.69, 9.17) is 0 Å². The third-order valence-corrected chi connectivity index (χ3v) is 5.83. The molecule has 0 bridgehead atoms. The number of carbonyl (C=O) groups excluding carboxylic acids is 1. The van der Waals surface area contributed by atoms with Gasteiger partial charge in [0.05, 0.1) is 23.8 Å². The highest BCUT2D eigenvalue weighted by molar-refractivity contribution is 6.02. The van der Waals surface area contributed by atoms with Gasteiger partial charge in [0.15, 0.2) is 11.5 Å². The second-order valence-corrected chi connectivity index (χ2v) is 8.46. The number of hydrogen-bond acceptors (Lipinski definition) is 6. The summed E-state index contributed by atoms with van der Waals surface area (Å²) in [5.74, 6) is -2.97. The average molecular weight is 445 g/mol. The summed E-state index contributed by atoms with van der Waals surface area (Å²) in [6.45, 7) is 3.13. The van der Waals surface area contributed by atoms with Crippen LogP contribution in [0.1, 0.15) is 35.4 Å². The number of alkyl halides is 2. The second kappa shape index (κ2) is 7.73. The Hall–Kier alpha value is -3.21. The van der Waals surface area contributed by atoms with Gasteiger partial charge in [-0.1, -0.05) is 0 Å². The van der Waals surface area contributed by atoms with Crippen LogP contribution in [0.4, 0.5) is 24.7 Å². The monoisotopic (exact) mass is 445 g/mol. The molecule has 1 aliphatic carbocycles. The van der Waals surface area contributed by atoms with Crippen LogP contribution in [-0.2, 0) is 0 Å². The lowest BCUT2D eigenvalue weighted by molar-refractivity contribution is -0.0943. The predicted octanol–water partition coefficient (Wildman–Crippen LogP) is 2.79. The molecule has 2 fully saturated rings. The smallest absolute Gasteiger partial charge is 0.275 e. The van der Waals surface area contributed by atoms with Crippen LogP contribution in [0.3, 0.4) is 0 Å². The third-order valence-electron chi connectivity index (χ3n) is 5.83. The van der Waals surface area contributed by atoms with Gasteiger partial charge in [0.25, 0.3) is 11.8 Å². The Morgan fingerprint density at radius 2 is 2.00 bits per heavy atom. The first-order valence-electron chi connectivity index (χ1n) is 10.4. The van der Waals surface area contributed by atoms with E-state index in [1.807, 2.05) is 4.90 Å². The molecule has 168 valence electrons. The molecule has 2 aliphatic rings. The van der Waals surface area contributed by atoms with Crippen LogP contribution in [0, 0.1) is 12.7 Å². The number of nitrogens with one attached hydrogen (secondary N) is 2. The van der Waals surface area contributed by atoms with Crippen molar-refractivity contribution in [2.24, 2.45) is 0 Å². The van der Waals surface area contributed by atoms with Crippen molar-refractivity contribution in [3.63, 3.8) is 0 Å². The van der Waals surface area contributed by atoms with Crippen molar-refractivity contribution in [2.45, 2.75) is 44.2 Å². The van der Waals surface area contributed by atoms with Gasteiger partial charge in [0, 0.05) is 56.5 Å². The second-order valence-electron chi connectivity index (χ2n) is 8.46. The summed E-state index contributed by atoms with van der Waals surface area (Å²) in [4.78, 5) is 27.1. The van der Waals surface area contributed by atoms with Crippen molar-refractivity contribution in [3.05, 3.63) is 48.1 Å². The maximum Gasteiger partial charge on any atom is 0.275 e. The molecule has 3 aromatic rings. The zero-order valence-corrected chi connectivity index (χ0v) is 17.4. The van der Waals surface area contributed by atoms with Crippen molar-refractivity contribution in [3.8, 4) is 0 Å². The maximum atomic E-state index is 14.2. The Morgan fingerprint density at radius 1 is 1.19 bits per heavy atom. The number of amides is 1. The molecule has 4 heterocycles. The van der Waals surface area contributed by atoms with Crippen molar-refractivity contribution < 1.29 is 18.0 Å². The number of aromatic nitrogens is 4. The highest BCUT2D eigenvalue weighted by atomic mass is 19.3. The fourth-order valence-electron chi connectivity index (χ4n) is 4.26. The summed E-state index contributed by atoms with van der Waals surface area (Å²) < 4.78 is 41.7. The minimum Gasteiger partial charge on any atom is -0.354 e. The van der Waals surface area contributed by atoms with Gasteiger partial charge in [0.1, 0.15) is 11.5 Å². The SMILES string of the molecule is Cc1cn2cc(NC(=O)c3cnc(N4CCC(NC5CC(F)(F)C5)C4)cn3)cc(F)c2n1. The van der Waals surface area contributed by atoms with Crippen LogP contribution < -0.4 is 15.5 Å². The lowest BCUT2D eigenvalue weighted by atomic mass is 9.87. The van der Waals surface area contributed by atoms with E-state index >= 15 is 0 Å². The van der Waals surface area contributed by atoms with Gasteiger partial charge in [-0.2, -0.15) is 0 Å². The molecule has 0 radical (unpaired) electrons. The van der Waals surface area contributed by atoms with Gasteiger partial charge in [-0.15, -0.1) is 0 Å². The topological polar surface area (TPSA) is 87.5 Å². The summed E-state index contributed by atoms with van der Waals surface area (Å²) in [6.07, 6.45) is 6.74. The largest absolute Gasteiger partial charge is 0.354 e. The summed E-state index contributed by atoms with van der Waals surface area (Å²) in [5, 5.41) is 5.90. The molecule has 8 nitrogen and oxygen atoms in total. The quantitative estimate of drug-likeness (QED) is 0.628. The lowest BCUT2D eigenvalue weighted by Crippen LogP contribution is -2.52. The number of fused-ring (bicyclic) bond motifs is 1. The molecule has 2 N–H and O–H groups in total. The number of halogens is 3. The summed E-state index contributed by atoms with van der Waals surface area (Å²) in [6, 6.07) is 1.19. The van der Waals surface area contributed by atoms with E-state index in [2.05, 4.69) is 25.6 Å². The molecule has 32 heavy (non-hydrogen) atoms. The molecular formula is C21H22F3N7O. The summed E-state index contributed by atoms with van der Waals surface area (Å²) >= 11 is 0. The highest BCUT2D eigenvalue weighted by Crippen LogP contribution is 2.38. The van der Waals surface area contributed by atoms with E-state index in [0.717, 1.165) is 13.0 Å². The molecule has 1 amide bonds. The number of imidazole rings is 1. The van der Waals surface area contributed by atoms with Crippen LogP contribution in [0.25, 0.3) is 5.65 Å². The fourth-order valence-corrected chi connectivity index (χ4v) is 4.26. The Kier molecular flexibility index (Phi) is 5.00. The van der Waals surface area contributed by atoms with Crippen molar-refractivity contribution in [1.29, 1.82) is 0 Å². The van der Waals surface area contributed by atoms with Crippen LogP contribution in [0.15, 0.2) is 30.9 Å². The first-order valence-corrected chi connectivity index (χ1v) is 10.4. The van der Waals surface area contributed by atoms with E-state index in [9.17, 15) is 18.0 Å². The minimum absolute atomic E-state index is 0.0987. The molecule has 11 heteroatoms. The first kappa shape index (κ1) is 20.7. The molecule has 0 aromatic carbocycles. The number of aryl methyl sites for hydroxylation is 1. The number of carbonyl (C=O) groups is 1. The van der Waals surface area contributed by atoms with Crippen LogP contribution >= 0.6 is 0 Å². The molecule has 1 atom stereocenters. The van der Waals surface area contributed by atoms with Gasteiger partial charge in [0.2, 0.25) is 0 Å². The van der Waals surface area contributed by atoms with Crippen molar-refractivity contribution >= 4 is 23.1 Å². The number of pyridine rings is 1. The van der Waals surface area contributed by atoms with Crippen LogP contribution in [-0.4, -0.2) is 56.4 Å². The Morgan fingerprint density at radius 3 is 2.72 bits per heavy atom. The fraction of sp³-hybridized carbons (Fsp3) is 0.429. The van der Waals surface area contributed by atoms with E-state index in [0.29, 0.717) is 18.1 Å². The molecule has 1 unspecified atom stereocenters. The van der Waals surface area contributed by atoms with Gasteiger partial charge < -0.3 is 19.9 Å². The average Bonchev–Trinajstić information content (AvgIpc) is 3.33. The predicted molar refractivity (Wildman–Crippen MR) is 112 cm³/mol. The van der Waals surface area contributed by atoms with E-state index in [-0.39, 0.29) is 42.0 Å². The van der Waals surface area contributed by atoms with Crippen LogP contribution in [0.5, 0.6) is 0 Å². The summed E-state index contributed by atoms with van der Waals surface area (Å²) in [7, 11) is 0. The van der Waals surface area contributed by atoms with Gasteiger partial charge in [-0.3, -0.25) is 4.79 Å². The standard InChI is InChI=1S/C21H22F3N7O/c1-12-9-31-11-14(4-16(22)19(31)27-12)29-20(32)17-7-26-18(8-25-17)30-3-2-13(10-30)28-15-5-21(23,24)6-15/h4,7-9,11,13,15,28H,2-3,5-6,10H2,1H3,(H,29,32). The molecule has 0 spiro atoms.